The molecule has 6 heteroatoms. The first kappa shape index (κ1) is 9.47. The first-order chi connectivity index (χ1) is 5.72. The molecule has 0 fully saturated rings. The second-order valence-corrected chi connectivity index (χ2v) is 3.67. The van der Waals surface area contributed by atoms with E-state index in [1.54, 1.807) is 7.05 Å². The van der Waals surface area contributed by atoms with Crippen LogP contribution in [0, 0.1) is 0 Å². The van der Waals surface area contributed by atoms with Gasteiger partial charge in [-0.2, -0.15) is 0 Å². The molecule has 66 valence electrons. The maximum atomic E-state index is 10.8. The van der Waals surface area contributed by atoms with E-state index in [0.717, 1.165) is 9.73 Å². The molecule has 1 aromatic rings. The molecule has 2 N–H and O–H groups in total. The molecule has 0 saturated carbocycles. The Morgan fingerprint density at radius 3 is 3.08 bits per heavy atom. The SMILES string of the molecule is CNC(=O)CNc1nc(Br)cs1. The lowest BCUT2D eigenvalue weighted by molar-refractivity contribution is -0.118. The molecule has 0 aromatic carbocycles. The number of carbonyl (C=O) groups excluding carboxylic acids is 1. The molecule has 0 aliphatic rings. The maximum absolute atomic E-state index is 10.8. The third kappa shape index (κ3) is 2.78. The number of rotatable bonds is 3. The molecule has 1 heterocycles. The van der Waals surface area contributed by atoms with Crippen LogP contribution in [0.2, 0.25) is 0 Å². The van der Waals surface area contributed by atoms with Gasteiger partial charge in [-0.25, -0.2) is 4.98 Å². The fourth-order valence-electron chi connectivity index (χ4n) is 0.580. The van der Waals surface area contributed by atoms with E-state index in [0.29, 0.717) is 0 Å². The van der Waals surface area contributed by atoms with Crippen molar-refractivity contribution in [2.75, 3.05) is 18.9 Å². The summed E-state index contributed by atoms with van der Waals surface area (Å²) in [6.45, 7) is 0.260. The van der Waals surface area contributed by atoms with Crippen LogP contribution in [-0.2, 0) is 4.79 Å². The molecule has 12 heavy (non-hydrogen) atoms. The van der Waals surface area contributed by atoms with Crippen LogP contribution >= 0.6 is 27.3 Å². The van der Waals surface area contributed by atoms with Crippen LogP contribution in [0.5, 0.6) is 0 Å². The third-order valence-electron chi connectivity index (χ3n) is 1.16. The summed E-state index contributed by atoms with van der Waals surface area (Å²) in [5.41, 5.74) is 0. The van der Waals surface area contributed by atoms with Crippen molar-refractivity contribution in [1.82, 2.24) is 10.3 Å². The van der Waals surface area contributed by atoms with Crippen molar-refractivity contribution in [3.63, 3.8) is 0 Å². The van der Waals surface area contributed by atoms with Crippen molar-refractivity contribution in [2.45, 2.75) is 0 Å². The van der Waals surface area contributed by atoms with Gasteiger partial charge in [-0.05, 0) is 15.9 Å². The van der Waals surface area contributed by atoms with Crippen molar-refractivity contribution < 1.29 is 4.79 Å². The number of anilines is 1. The molecule has 1 rings (SSSR count). The zero-order chi connectivity index (χ0) is 8.97. The average Bonchev–Trinajstić information content (AvgIpc) is 2.47. The van der Waals surface area contributed by atoms with E-state index in [9.17, 15) is 4.79 Å². The van der Waals surface area contributed by atoms with Crippen LogP contribution in [0.25, 0.3) is 0 Å². The van der Waals surface area contributed by atoms with Crippen molar-refractivity contribution in [3.8, 4) is 0 Å². The van der Waals surface area contributed by atoms with Gasteiger partial charge in [0.2, 0.25) is 5.91 Å². The summed E-state index contributed by atoms with van der Waals surface area (Å²) in [6, 6.07) is 0. The molecule has 0 aliphatic carbocycles. The molecule has 4 nitrogen and oxygen atoms in total. The Kier molecular flexibility index (Phi) is 3.48. The van der Waals surface area contributed by atoms with Crippen molar-refractivity contribution in [3.05, 3.63) is 9.98 Å². The van der Waals surface area contributed by atoms with Gasteiger partial charge in [-0.3, -0.25) is 4.79 Å². The largest absolute Gasteiger partial charge is 0.358 e. The summed E-state index contributed by atoms with van der Waals surface area (Å²) in [7, 11) is 1.60. The number of hydrogen-bond acceptors (Lipinski definition) is 4. The molecule has 1 amide bonds. The second-order valence-electron chi connectivity index (χ2n) is 2.00. The number of nitrogens with one attached hydrogen (secondary N) is 2. The summed E-state index contributed by atoms with van der Waals surface area (Å²) in [5, 5.41) is 7.98. The minimum Gasteiger partial charge on any atom is -0.358 e. The molecule has 0 aliphatic heterocycles. The number of amides is 1. The molecule has 0 radical (unpaired) electrons. The lowest BCUT2D eigenvalue weighted by atomic mass is 10.6. The van der Waals surface area contributed by atoms with Gasteiger partial charge in [0.25, 0.3) is 0 Å². The maximum Gasteiger partial charge on any atom is 0.239 e. The number of hydrogen-bond donors (Lipinski definition) is 2. The van der Waals surface area contributed by atoms with Gasteiger partial charge < -0.3 is 10.6 Å². The quantitative estimate of drug-likeness (QED) is 0.843. The molecule has 0 unspecified atom stereocenters. The fourth-order valence-corrected chi connectivity index (χ4v) is 1.72. The van der Waals surface area contributed by atoms with Crippen LogP contribution < -0.4 is 10.6 Å². The molecule has 0 atom stereocenters. The molecular formula is C6H8BrN3OS. The zero-order valence-corrected chi connectivity index (χ0v) is 8.83. The third-order valence-corrected chi connectivity index (χ3v) is 2.66. The lowest BCUT2D eigenvalue weighted by Crippen LogP contribution is -2.26. The summed E-state index contributed by atoms with van der Waals surface area (Å²) < 4.78 is 0.784. The van der Waals surface area contributed by atoms with Gasteiger partial charge in [0.05, 0.1) is 6.54 Å². The Morgan fingerprint density at radius 1 is 1.83 bits per heavy atom. The van der Waals surface area contributed by atoms with E-state index in [4.69, 9.17) is 0 Å². The number of nitrogens with zero attached hydrogens (tertiary/aromatic N) is 1. The second kappa shape index (κ2) is 4.42. The van der Waals surface area contributed by atoms with E-state index in [-0.39, 0.29) is 12.5 Å². The first-order valence-corrected chi connectivity index (χ1v) is 4.95. The summed E-state index contributed by atoms with van der Waals surface area (Å²) in [6.07, 6.45) is 0. The van der Waals surface area contributed by atoms with E-state index in [1.165, 1.54) is 11.3 Å². The standard InChI is InChI=1S/C6H8BrN3OS/c1-8-5(11)2-9-6-10-4(7)3-12-6/h3H,2H2,1H3,(H,8,11)(H,9,10). The number of carbonyl (C=O) groups is 1. The zero-order valence-electron chi connectivity index (χ0n) is 6.43. The smallest absolute Gasteiger partial charge is 0.239 e. The predicted octanol–water partition coefficient (Wildman–Crippen LogP) is 1.06. The molecule has 1 aromatic heterocycles. The highest BCUT2D eigenvalue weighted by atomic mass is 79.9. The normalized spacial score (nSPS) is 9.50. The summed E-state index contributed by atoms with van der Waals surface area (Å²) in [4.78, 5) is 14.8. The molecule has 0 spiro atoms. The number of likely N-dealkylation sites (N-methyl/N-ethyl adjacent to an activating group) is 1. The Morgan fingerprint density at radius 2 is 2.58 bits per heavy atom. The summed E-state index contributed by atoms with van der Waals surface area (Å²) in [5.74, 6) is -0.0543. The lowest BCUT2D eigenvalue weighted by Gasteiger charge is -1.99. The van der Waals surface area contributed by atoms with E-state index < -0.39 is 0 Å². The topological polar surface area (TPSA) is 54.0 Å². The van der Waals surface area contributed by atoms with Crippen molar-refractivity contribution >= 4 is 38.3 Å². The van der Waals surface area contributed by atoms with E-state index in [1.807, 2.05) is 5.38 Å². The fraction of sp³-hybridized carbons (Fsp3) is 0.333. The first-order valence-electron chi connectivity index (χ1n) is 3.28. The monoisotopic (exact) mass is 249 g/mol. The molecule has 0 bridgehead atoms. The molecular weight excluding hydrogens is 242 g/mol. The van der Waals surface area contributed by atoms with Gasteiger partial charge in [0.1, 0.15) is 4.60 Å². The highest BCUT2D eigenvalue weighted by molar-refractivity contribution is 9.10. The van der Waals surface area contributed by atoms with Crippen LogP contribution in [-0.4, -0.2) is 24.5 Å². The Labute approximate surface area is 82.5 Å². The van der Waals surface area contributed by atoms with E-state index in [2.05, 4.69) is 31.5 Å². The van der Waals surface area contributed by atoms with Crippen LogP contribution in [0.15, 0.2) is 9.98 Å². The minimum atomic E-state index is -0.0543. The molecule has 0 saturated heterocycles. The Balaban J connectivity index is 2.38. The number of halogens is 1. The summed E-state index contributed by atoms with van der Waals surface area (Å²) >= 11 is 4.67. The minimum absolute atomic E-state index is 0.0543. The predicted molar refractivity (Wildman–Crippen MR) is 52.4 cm³/mol. The number of thiazole rings is 1. The van der Waals surface area contributed by atoms with Gasteiger partial charge in [0.15, 0.2) is 5.13 Å². The van der Waals surface area contributed by atoms with Crippen LogP contribution in [0.3, 0.4) is 0 Å². The van der Waals surface area contributed by atoms with Gasteiger partial charge in [-0.15, -0.1) is 11.3 Å². The van der Waals surface area contributed by atoms with Crippen LogP contribution in [0.1, 0.15) is 0 Å². The van der Waals surface area contributed by atoms with Gasteiger partial charge in [0, 0.05) is 12.4 Å². The Hall–Kier alpha value is -0.620. The highest BCUT2D eigenvalue weighted by Crippen LogP contribution is 2.18. The average molecular weight is 250 g/mol. The van der Waals surface area contributed by atoms with Crippen molar-refractivity contribution in [2.24, 2.45) is 0 Å². The highest BCUT2D eigenvalue weighted by Gasteiger charge is 2.00. The van der Waals surface area contributed by atoms with E-state index >= 15 is 0 Å². The van der Waals surface area contributed by atoms with Gasteiger partial charge in [-0.1, -0.05) is 0 Å². The Bertz CT molecular complexity index is 276. The van der Waals surface area contributed by atoms with Gasteiger partial charge >= 0.3 is 0 Å². The van der Waals surface area contributed by atoms with Crippen LogP contribution in [0.4, 0.5) is 5.13 Å². The van der Waals surface area contributed by atoms with Crippen molar-refractivity contribution in [1.29, 1.82) is 0 Å². The number of aromatic nitrogens is 1.